The number of aromatic nitrogens is 3. The molecule has 3 heterocycles. The summed E-state index contributed by atoms with van der Waals surface area (Å²) in [6.07, 6.45) is -2.48. The summed E-state index contributed by atoms with van der Waals surface area (Å²) >= 11 is 1.21. The maximum Gasteiger partial charge on any atom is 0.416 e. The molecule has 0 radical (unpaired) electrons. The normalized spacial score (nSPS) is 21.6. The van der Waals surface area contributed by atoms with Gasteiger partial charge in [-0.15, -0.1) is 0 Å². The first kappa shape index (κ1) is 22.3. The number of fused-ring (bicyclic) bond motifs is 1. The van der Waals surface area contributed by atoms with Gasteiger partial charge >= 0.3 is 12.2 Å². The van der Waals surface area contributed by atoms with Crippen molar-refractivity contribution in [3.63, 3.8) is 0 Å². The van der Waals surface area contributed by atoms with Crippen LogP contribution in [0, 0.1) is 5.92 Å². The number of piperidine rings is 1. The molecular formula is C21H22F3N5O2S. The summed E-state index contributed by atoms with van der Waals surface area (Å²) in [6.45, 7) is 4.74. The van der Waals surface area contributed by atoms with Crippen LogP contribution in [0.2, 0.25) is 0 Å². The predicted molar refractivity (Wildman–Crippen MR) is 115 cm³/mol. The number of carbonyl (C=O) groups is 1. The molecular weight excluding hydrogens is 443 g/mol. The number of hydrogen-bond acceptors (Lipinski definition) is 6. The molecule has 1 aliphatic rings. The number of amides is 2. The maximum absolute atomic E-state index is 13.2. The molecule has 11 heteroatoms. The standard InChI is InChI=1S/C21H22F3N5O2S/c1-12-10-29(8-7-20(12,2)13-5-4-6-14(9-13)21(22,23)24)19(30)28-18-27-15-16(31-3)25-11-26-17(15)32-18/h4-6,9,11-12H,7-8,10H2,1-3H3,(H,27,28,30)/t12-,20-/m1/s1. The van der Waals surface area contributed by atoms with Gasteiger partial charge in [-0.2, -0.15) is 18.2 Å². The van der Waals surface area contributed by atoms with E-state index < -0.39 is 17.2 Å². The van der Waals surface area contributed by atoms with E-state index in [2.05, 4.69) is 20.3 Å². The summed E-state index contributed by atoms with van der Waals surface area (Å²) in [5, 5.41) is 3.17. The summed E-state index contributed by atoms with van der Waals surface area (Å²) in [5.41, 5.74) is -0.0225. The van der Waals surface area contributed by atoms with Crippen LogP contribution in [-0.2, 0) is 11.6 Å². The smallest absolute Gasteiger partial charge is 0.416 e. The third kappa shape index (κ3) is 4.08. The van der Waals surface area contributed by atoms with Crippen LogP contribution in [0.1, 0.15) is 31.4 Å². The lowest BCUT2D eigenvalue weighted by atomic mass is 9.68. The average Bonchev–Trinajstić information content (AvgIpc) is 3.17. The topological polar surface area (TPSA) is 80.2 Å². The minimum atomic E-state index is -4.39. The van der Waals surface area contributed by atoms with E-state index in [1.54, 1.807) is 11.0 Å². The molecule has 0 bridgehead atoms. The molecule has 0 aliphatic carbocycles. The van der Waals surface area contributed by atoms with Crippen LogP contribution in [-0.4, -0.2) is 46.1 Å². The molecule has 2 amide bonds. The van der Waals surface area contributed by atoms with Crippen LogP contribution >= 0.6 is 11.3 Å². The Morgan fingerprint density at radius 3 is 2.81 bits per heavy atom. The zero-order valence-electron chi connectivity index (χ0n) is 17.7. The molecule has 0 spiro atoms. The SMILES string of the molecule is COc1ncnc2sc(NC(=O)N3CC[C@@](C)(c4cccc(C(F)(F)F)c4)[C@H](C)C3)nc12. The minimum absolute atomic E-state index is 0.0492. The second-order valence-electron chi connectivity index (χ2n) is 8.08. The lowest BCUT2D eigenvalue weighted by Gasteiger charge is -2.45. The summed E-state index contributed by atoms with van der Waals surface area (Å²) in [5.74, 6) is 0.280. The number of hydrogen-bond donors (Lipinski definition) is 1. The second kappa shape index (κ2) is 8.19. The Labute approximate surface area is 186 Å². The number of benzene rings is 1. The minimum Gasteiger partial charge on any atom is -0.479 e. The molecule has 1 N–H and O–H groups in total. The highest BCUT2D eigenvalue weighted by atomic mass is 32.1. The average molecular weight is 466 g/mol. The van der Waals surface area contributed by atoms with E-state index in [9.17, 15) is 18.0 Å². The van der Waals surface area contributed by atoms with Crippen molar-refractivity contribution in [3.05, 3.63) is 41.7 Å². The highest BCUT2D eigenvalue weighted by molar-refractivity contribution is 7.22. The van der Waals surface area contributed by atoms with Gasteiger partial charge < -0.3 is 9.64 Å². The van der Waals surface area contributed by atoms with E-state index in [1.807, 2.05) is 13.8 Å². The summed E-state index contributed by atoms with van der Waals surface area (Å²) in [4.78, 5) is 27.6. The Hall–Kier alpha value is -2.95. The number of likely N-dealkylation sites (tertiary alicyclic amines) is 1. The highest BCUT2D eigenvalue weighted by Crippen LogP contribution is 2.41. The lowest BCUT2D eigenvalue weighted by Crippen LogP contribution is -2.50. The van der Waals surface area contributed by atoms with Crippen LogP contribution in [0.4, 0.5) is 23.1 Å². The van der Waals surface area contributed by atoms with Crippen LogP contribution in [0.15, 0.2) is 30.6 Å². The van der Waals surface area contributed by atoms with Crippen molar-refractivity contribution in [1.29, 1.82) is 0 Å². The molecule has 1 saturated heterocycles. The van der Waals surface area contributed by atoms with Gasteiger partial charge in [-0.1, -0.05) is 43.4 Å². The molecule has 32 heavy (non-hydrogen) atoms. The molecule has 170 valence electrons. The number of anilines is 1. The van der Waals surface area contributed by atoms with Gasteiger partial charge in [-0.25, -0.2) is 14.8 Å². The Kier molecular flexibility index (Phi) is 5.70. The van der Waals surface area contributed by atoms with Crippen molar-refractivity contribution in [2.75, 3.05) is 25.5 Å². The molecule has 7 nitrogen and oxygen atoms in total. The number of nitrogens with one attached hydrogen (secondary N) is 1. The number of nitrogens with zero attached hydrogens (tertiary/aromatic N) is 4. The molecule has 1 aliphatic heterocycles. The molecule has 0 unspecified atom stereocenters. The fourth-order valence-electron chi connectivity index (χ4n) is 4.01. The van der Waals surface area contributed by atoms with E-state index in [-0.39, 0.29) is 11.9 Å². The van der Waals surface area contributed by atoms with E-state index in [0.29, 0.717) is 46.4 Å². The van der Waals surface area contributed by atoms with Gasteiger partial charge in [0.1, 0.15) is 6.33 Å². The third-order valence-corrected chi connectivity index (χ3v) is 7.07. The first-order chi connectivity index (χ1) is 15.1. The van der Waals surface area contributed by atoms with Gasteiger partial charge in [-0.3, -0.25) is 5.32 Å². The van der Waals surface area contributed by atoms with Gasteiger partial charge in [0.2, 0.25) is 5.88 Å². The molecule has 3 aromatic rings. The largest absolute Gasteiger partial charge is 0.479 e. The van der Waals surface area contributed by atoms with Crippen molar-refractivity contribution in [2.24, 2.45) is 5.92 Å². The monoisotopic (exact) mass is 465 g/mol. The maximum atomic E-state index is 13.2. The summed E-state index contributed by atoms with van der Waals surface area (Å²) in [6, 6.07) is 5.17. The molecule has 1 fully saturated rings. The van der Waals surface area contributed by atoms with E-state index in [4.69, 9.17) is 4.74 Å². The number of thiazole rings is 1. The molecule has 2 atom stereocenters. The number of halogens is 3. The second-order valence-corrected chi connectivity index (χ2v) is 9.06. The van der Waals surface area contributed by atoms with Gasteiger partial charge in [0.05, 0.1) is 12.7 Å². The van der Waals surface area contributed by atoms with Crippen molar-refractivity contribution >= 4 is 32.8 Å². The number of urea groups is 1. The van der Waals surface area contributed by atoms with Crippen molar-refractivity contribution in [1.82, 2.24) is 19.9 Å². The number of carbonyl (C=O) groups excluding carboxylic acids is 1. The fourth-order valence-corrected chi connectivity index (χ4v) is 4.80. The van der Waals surface area contributed by atoms with E-state index in [0.717, 1.165) is 6.07 Å². The third-order valence-electron chi connectivity index (χ3n) is 6.19. The van der Waals surface area contributed by atoms with Crippen LogP contribution in [0.3, 0.4) is 0 Å². The number of rotatable bonds is 3. The molecule has 0 saturated carbocycles. The predicted octanol–water partition coefficient (Wildman–Crippen LogP) is 4.95. The van der Waals surface area contributed by atoms with Gasteiger partial charge in [-0.05, 0) is 29.4 Å². The van der Waals surface area contributed by atoms with E-state index >= 15 is 0 Å². The number of ether oxygens (including phenoxy) is 1. The fraction of sp³-hybridized carbons (Fsp3) is 0.429. The number of methoxy groups -OCH3 is 1. The summed E-state index contributed by atoms with van der Waals surface area (Å²) in [7, 11) is 1.48. The summed E-state index contributed by atoms with van der Waals surface area (Å²) < 4.78 is 44.7. The first-order valence-corrected chi connectivity index (χ1v) is 10.8. The van der Waals surface area contributed by atoms with Crippen molar-refractivity contribution in [2.45, 2.75) is 31.9 Å². The zero-order chi connectivity index (χ0) is 23.1. The zero-order valence-corrected chi connectivity index (χ0v) is 18.5. The van der Waals surface area contributed by atoms with Gasteiger partial charge in [0, 0.05) is 13.1 Å². The lowest BCUT2D eigenvalue weighted by molar-refractivity contribution is -0.137. The van der Waals surface area contributed by atoms with Gasteiger partial charge in [0.25, 0.3) is 0 Å². The quantitative estimate of drug-likeness (QED) is 0.592. The highest BCUT2D eigenvalue weighted by Gasteiger charge is 2.41. The van der Waals surface area contributed by atoms with Crippen LogP contribution < -0.4 is 10.1 Å². The molecule has 1 aromatic carbocycles. The van der Waals surface area contributed by atoms with Crippen LogP contribution in [0.25, 0.3) is 10.3 Å². The van der Waals surface area contributed by atoms with Crippen LogP contribution in [0.5, 0.6) is 5.88 Å². The van der Waals surface area contributed by atoms with E-state index in [1.165, 1.54) is 36.9 Å². The van der Waals surface area contributed by atoms with Gasteiger partial charge in [0.15, 0.2) is 15.5 Å². The Morgan fingerprint density at radius 1 is 1.34 bits per heavy atom. The van der Waals surface area contributed by atoms with Crippen molar-refractivity contribution < 1.29 is 22.7 Å². The molecule has 4 rings (SSSR count). The Balaban J connectivity index is 1.48. The first-order valence-electron chi connectivity index (χ1n) is 10.0. The Bertz CT molecular complexity index is 1150. The number of alkyl halides is 3. The van der Waals surface area contributed by atoms with Crippen molar-refractivity contribution in [3.8, 4) is 5.88 Å². The Morgan fingerprint density at radius 2 is 2.12 bits per heavy atom. The molecule has 2 aromatic heterocycles.